The van der Waals surface area contributed by atoms with Crippen molar-refractivity contribution in [2.24, 2.45) is 0 Å². The van der Waals surface area contributed by atoms with Crippen LogP contribution in [0.25, 0.3) is 0 Å². The van der Waals surface area contributed by atoms with Crippen molar-refractivity contribution in [2.45, 2.75) is 26.3 Å². The molecule has 1 atom stereocenters. The topological polar surface area (TPSA) is 41.1 Å². The maximum absolute atomic E-state index is 11.6. The smallest absolute Gasteiger partial charge is 0.225 e. The standard InChI is InChI=1S/C12H17IN2O/c1-3-14-9(2)8-12(16)15-11-6-4-10(13)5-7-11/h4-7,9,14H,3,8H2,1-2H3,(H,15,16). The van der Waals surface area contributed by atoms with Gasteiger partial charge in [-0.15, -0.1) is 0 Å². The van der Waals surface area contributed by atoms with Crippen LogP contribution in [0.1, 0.15) is 20.3 Å². The number of benzene rings is 1. The third kappa shape index (κ3) is 4.94. The molecular weight excluding hydrogens is 315 g/mol. The average Bonchev–Trinajstić information content (AvgIpc) is 2.21. The van der Waals surface area contributed by atoms with Crippen molar-refractivity contribution in [1.29, 1.82) is 0 Å². The first kappa shape index (κ1) is 13.4. The summed E-state index contributed by atoms with van der Waals surface area (Å²) in [7, 11) is 0. The zero-order valence-corrected chi connectivity index (χ0v) is 11.7. The van der Waals surface area contributed by atoms with Crippen LogP contribution in [-0.2, 0) is 4.79 Å². The van der Waals surface area contributed by atoms with Crippen molar-refractivity contribution in [3.8, 4) is 0 Å². The van der Waals surface area contributed by atoms with Crippen LogP contribution < -0.4 is 10.6 Å². The summed E-state index contributed by atoms with van der Waals surface area (Å²) in [6.07, 6.45) is 0.500. The monoisotopic (exact) mass is 332 g/mol. The van der Waals surface area contributed by atoms with Gasteiger partial charge in [-0.1, -0.05) is 6.92 Å². The Balaban J connectivity index is 2.42. The molecule has 0 radical (unpaired) electrons. The number of rotatable bonds is 5. The molecule has 0 heterocycles. The maximum Gasteiger partial charge on any atom is 0.225 e. The van der Waals surface area contributed by atoms with Crippen molar-refractivity contribution >= 4 is 34.2 Å². The Kier molecular flexibility index (Phi) is 5.76. The molecule has 0 aliphatic heterocycles. The second kappa shape index (κ2) is 6.85. The first-order valence-electron chi connectivity index (χ1n) is 5.40. The van der Waals surface area contributed by atoms with Gasteiger partial charge < -0.3 is 10.6 Å². The molecule has 1 aromatic rings. The van der Waals surface area contributed by atoms with E-state index in [9.17, 15) is 4.79 Å². The van der Waals surface area contributed by atoms with Crippen LogP contribution in [0.3, 0.4) is 0 Å². The number of hydrogen-bond donors (Lipinski definition) is 2. The minimum atomic E-state index is 0.0506. The van der Waals surface area contributed by atoms with Gasteiger partial charge in [0.1, 0.15) is 0 Å². The predicted molar refractivity (Wildman–Crippen MR) is 75.5 cm³/mol. The van der Waals surface area contributed by atoms with E-state index < -0.39 is 0 Å². The molecule has 0 aliphatic rings. The van der Waals surface area contributed by atoms with Crippen LogP contribution >= 0.6 is 22.6 Å². The Morgan fingerprint density at radius 1 is 1.38 bits per heavy atom. The minimum Gasteiger partial charge on any atom is -0.326 e. The molecule has 0 saturated heterocycles. The van der Waals surface area contributed by atoms with Crippen LogP contribution in [0.5, 0.6) is 0 Å². The van der Waals surface area contributed by atoms with Crippen LogP contribution in [-0.4, -0.2) is 18.5 Å². The predicted octanol–water partition coefficient (Wildman–Crippen LogP) is 2.62. The molecule has 1 unspecified atom stereocenters. The SMILES string of the molecule is CCNC(C)CC(=O)Nc1ccc(I)cc1. The van der Waals surface area contributed by atoms with Crippen molar-refractivity contribution in [3.63, 3.8) is 0 Å². The highest BCUT2D eigenvalue weighted by atomic mass is 127. The molecule has 0 aromatic heterocycles. The molecule has 0 spiro atoms. The van der Waals surface area contributed by atoms with E-state index in [2.05, 4.69) is 33.2 Å². The Labute approximate surface area is 110 Å². The number of halogens is 1. The number of amides is 1. The number of nitrogens with one attached hydrogen (secondary N) is 2. The molecule has 1 amide bonds. The van der Waals surface area contributed by atoms with E-state index in [1.54, 1.807) is 0 Å². The van der Waals surface area contributed by atoms with Gasteiger partial charge in [-0.3, -0.25) is 4.79 Å². The molecular formula is C12H17IN2O. The summed E-state index contributed by atoms with van der Waals surface area (Å²) in [6, 6.07) is 8.00. The van der Waals surface area contributed by atoms with E-state index in [1.165, 1.54) is 0 Å². The van der Waals surface area contributed by atoms with Gasteiger partial charge in [-0.2, -0.15) is 0 Å². The van der Waals surface area contributed by atoms with Gasteiger partial charge in [0.25, 0.3) is 0 Å². The Morgan fingerprint density at radius 2 is 2.00 bits per heavy atom. The fourth-order valence-corrected chi connectivity index (χ4v) is 1.80. The first-order valence-corrected chi connectivity index (χ1v) is 6.48. The summed E-state index contributed by atoms with van der Waals surface area (Å²) in [5.74, 6) is 0.0506. The van der Waals surface area contributed by atoms with Gasteiger partial charge in [0, 0.05) is 21.7 Å². The summed E-state index contributed by atoms with van der Waals surface area (Å²) >= 11 is 2.24. The number of anilines is 1. The average molecular weight is 332 g/mol. The Hall–Kier alpha value is -0.620. The molecule has 2 N–H and O–H groups in total. The second-order valence-corrected chi connectivity index (χ2v) is 4.96. The molecule has 0 bridgehead atoms. The molecule has 4 heteroatoms. The fourth-order valence-electron chi connectivity index (χ4n) is 1.44. The van der Waals surface area contributed by atoms with Crippen LogP contribution in [0.15, 0.2) is 24.3 Å². The van der Waals surface area contributed by atoms with Crippen molar-refractivity contribution < 1.29 is 4.79 Å². The highest BCUT2D eigenvalue weighted by Crippen LogP contribution is 2.11. The van der Waals surface area contributed by atoms with Crippen molar-refractivity contribution in [1.82, 2.24) is 5.32 Å². The molecule has 0 saturated carbocycles. The lowest BCUT2D eigenvalue weighted by Gasteiger charge is -2.12. The lowest BCUT2D eigenvalue weighted by Crippen LogP contribution is -2.30. The van der Waals surface area contributed by atoms with E-state index in [0.717, 1.165) is 15.8 Å². The van der Waals surface area contributed by atoms with Crippen LogP contribution in [0.2, 0.25) is 0 Å². The summed E-state index contributed by atoms with van der Waals surface area (Å²) < 4.78 is 1.16. The molecule has 3 nitrogen and oxygen atoms in total. The number of hydrogen-bond acceptors (Lipinski definition) is 2. The highest BCUT2D eigenvalue weighted by Gasteiger charge is 2.07. The van der Waals surface area contributed by atoms with Gasteiger partial charge in [-0.25, -0.2) is 0 Å². The molecule has 0 aliphatic carbocycles. The fraction of sp³-hybridized carbons (Fsp3) is 0.417. The molecule has 88 valence electrons. The summed E-state index contributed by atoms with van der Waals surface area (Å²) in [4.78, 5) is 11.6. The second-order valence-electron chi connectivity index (χ2n) is 3.72. The highest BCUT2D eigenvalue weighted by molar-refractivity contribution is 14.1. The zero-order chi connectivity index (χ0) is 12.0. The molecule has 0 fully saturated rings. The van der Waals surface area contributed by atoms with Crippen molar-refractivity contribution in [3.05, 3.63) is 27.8 Å². The summed E-state index contributed by atoms with van der Waals surface area (Å²) in [6.45, 7) is 4.93. The lowest BCUT2D eigenvalue weighted by atomic mass is 10.2. The maximum atomic E-state index is 11.6. The van der Waals surface area contributed by atoms with Gasteiger partial charge in [-0.05, 0) is 60.3 Å². The van der Waals surface area contributed by atoms with Gasteiger partial charge in [0.15, 0.2) is 0 Å². The first-order chi connectivity index (χ1) is 7.61. The normalized spacial score (nSPS) is 12.2. The van der Waals surface area contributed by atoms with E-state index in [1.807, 2.05) is 38.1 Å². The van der Waals surface area contributed by atoms with Crippen LogP contribution in [0.4, 0.5) is 5.69 Å². The molecule has 16 heavy (non-hydrogen) atoms. The lowest BCUT2D eigenvalue weighted by molar-refractivity contribution is -0.116. The van der Waals surface area contributed by atoms with E-state index >= 15 is 0 Å². The largest absolute Gasteiger partial charge is 0.326 e. The van der Waals surface area contributed by atoms with Gasteiger partial charge in [0.2, 0.25) is 5.91 Å². The van der Waals surface area contributed by atoms with Gasteiger partial charge >= 0.3 is 0 Å². The Morgan fingerprint density at radius 3 is 2.56 bits per heavy atom. The van der Waals surface area contributed by atoms with Crippen LogP contribution in [0, 0.1) is 3.57 Å². The van der Waals surface area contributed by atoms with Crippen molar-refractivity contribution in [2.75, 3.05) is 11.9 Å². The van der Waals surface area contributed by atoms with E-state index in [0.29, 0.717) is 6.42 Å². The summed E-state index contributed by atoms with van der Waals surface area (Å²) in [5.41, 5.74) is 0.856. The molecule has 1 rings (SSSR count). The zero-order valence-electron chi connectivity index (χ0n) is 9.59. The quantitative estimate of drug-likeness (QED) is 0.814. The number of carbonyl (C=O) groups is 1. The third-order valence-corrected chi connectivity index (χ3v) is 2.89. The molecule has 1 aromatic carbocycles. The van der Waals surface area contributed by atoms with E-state index in [-0.39, 0.29) is 11.9 Å². The third-order valence-electron chi connectivity index (χ3n) is 2.17. The van der Waals surface area contributed by atoms with Gasteiger partial charge in [0.05, 0.1) is 0 Å². The summed E-state index contributed by atoms with van der Waals surface area (Å²) in [5, 5.41) is 6.09. The van der Waals surface area contributed by atoms with E-state index in [4.69, 9.17) is 0 Å². The minimum absolute atomic E-state index is 0.0506. The number of carbonyl (C=O) groups excluding carboxylic acids is 1. The Bertz CT molecular complexity index is 337.